The van der Waals surface area contributed by atoms with Crippen LogP contribution >= 0.6 is 0 Å². The minimum Gasteiger partial charge on any atom is -0.488 e. The lowest BCUT2D eigenvalue weighted by atomic mass is 10.1. The molecule has 0 saturated heterocycles. The first kappa shape index (κ1) is 18.3. The third kappa shape index (κ3) is 3.96. The van der Waals surface area contributed by atoms with Gasteiger partial charge in [-0.05, 0) is 36.6 Å². The molecule has 0 saturated carbocycles. The topological polar surface area (TPSA) is 66.0 Å². The van der Waals surface area contributed by atoms with Gasteiger partial charge in [0.1, 0.15) is 18.4 Å². The number of fused-ring (bicyclic) bond motifs is 2. The highest BCUT2D eigenvalue weighted by Crippen LogP contribution is 2.28. The zero-order chi connectivity index (χ0) is 19.3. The van der Waals surface area contributed by atoms with E-state index in [1.807, 2.05) is 48.2 Å². The maximum atomic E-state index is 12.7. The number of hydrogen-bond acceptors (Lipinski definition) is 3. The number of guanidine groups is 1. The number of amides is 1. The molecule has 6 heteroatoms. The summed E-state index contributed by atoms with van der Waals surface area (Å²) in [5.41, 5.74) is 3.47. The molecule has 2 aromatic carbocycles. The van der Waals surface area contributed by atoms with E-state index in [4.69, 9.17) is 4.74 Å². The van der Waals surface area contributed by atoms with Crippen LogP contribution in [0.25, 0.3) is 0 Å². The summed E-state index contributed by atoms with van der Waals surface area (Å²) >= 11 is 0. The first-order chi connectivity index (χ1) is 13.7. The predicted octanol–water partition coefficient (Wildman–Crippen LogP) is 2.13. The van der Waals surface area contributed by atoms with Crippen LogP contribution in [0.4, 0.5) is 5.69 Å². The first-order valence-electron chi connectivity index (χ1n) is 9.89. The number of anilines is 1. The van der Waals surface area contributed by atoms with Gasteiger partial charge in [0.05, 0.1) is 6.54 Å². The molecule has 2 heterocycles. The van der Waals surface area contributed by atoms with Gasteiger partial charge in [-0.3, -0.25) is 4.79 Å². The fourth-order valence-electron chi connectivity index (χ4n) is 3.75. The molecule has 0 aliphatic carbocycles. The van der Waals surface area contributed by atoms with Crippen LogP contribution in [0.15, 0.2) is 53.5 Å². The summed E-state index contributed by atoms with van der Waals surface area (Å²) in [4.78, 5) is 19.0. The van der Waals surface area contributed by atoms with Gasteiger partial charge in [-0.1, -0.05) is 36.4 Å². The second kappa shape index (κ2) is 8.33. The average molecular weight is 378 g/mol. The summed E-state index contributed by atoms with van der Waals surface area (Å²) in [6.45, 7) is 4.23. The zero-order valence-electron chi connectivity index (χ0n) is 16.1. The molecule has 0 aromatic heterocycles. The number of nitrogens with zero attached hydrogens (tertiary/aromatic N) is 2. The van der Waals surface area contributed by atoms with Crippen molar-refractivity contribution in [2.24, 2.45) is 4.99 Å². The highest BCUT2D eigenvalue weighted by molar-refractivity contribution is 5.98. The van der Waals surface area contributed by atoms with E-state index in [0.29, 0.717) is 12.5 Å². The minimum absolute atomic E-state index is 0.0201. The van der Waals surface area contributed by atoms with Crippen LogP contribution in [-0.2, 0) is 17.6 Å². The van der Waals surface area contributed by atoms with Gasteiger partial charge < -0.3 is 20.3 Å². The van der Waals surface area contributed by atoms with Gasteiger partial charge >= 0.3 is 0 Å². The van der Waals surface area contributed by atoms with Crippen LogP contribution in [0.5, 0.6) is 5.75 Å². The normalized spacial score (nSPS) is 17.7. The van der Waals surface area contributed by atoms with Crippen molar-refractivity contribution in [3.05, 3.63) is 59.7 Å². The van der Waals surface area contributed by atoms with E-state index < -0.39 is 0 Å². The number of carbonyl (C=O) groups excluding carboxylic acids is 1. The number of aliphatic imine (C=N–C) groups is 1. The molecule has 6 nitrogen and oxygen atoms in total. The lowest BCUT2D eigenvalue weighted by Crippen LogP contribution is -2.43. The first-order valence-corrected chi connectivity index (χ1v) is 9.89. The van der Waals surface area contributed by atoms with Crippen molar-refractivity contribution in [3.8, 4) is 5.75 Å². The molecule has 0 bridgehead atoms. The molecule has 28 heavy (non-hydrogen) atoms. The number of ether oxygens (including phenoxy) is 1. The van der Waals surface area contributed by atoms with Crippen LogP contribution in [-0.4, -0.2) is 44.1 Å². The van der Waals surface area contributed by atoms with Crippen molar-refractivity contribution in [1.82, 2.24) is 10.6 Å². The van der Waals surface area contributed by atoms with Crippen LogP contribution in [0.1, 0.15) is 18.1 Å². The van der Waals surface area contributed by atoms with E-state index in [9.17, 15) is 4.79 Å². The van der Waals surface area contributed by atoms with Gasteiger partial charge in [0.2, 0.25) is 5.91 Å². The fourth-order valence-corrected chi connectivity index (χ4v) is 3.75. The lowest BCUT2D eigenvalue weighted by molar-refractivity contribution is -0.117. The third-order valence-corrected chi connectivity index (χ3v) is 5.12. The minimum atomic E-state index is 0.0201. The van der Waals surface area contributed by atoms with Gasteiger partial charge in [-0.2, -0.15) is 0 Å². The molecule has 2 aliphatic heterocycles. The zero-order valence-corrected chi connectivity index (χ0v) is 16.1. The molecule has 2 aromatic rings. The van der Waals surface area contributed by atoms with E-state index >= 15 is 0 Å². The van der Waals surface area contributed by atoms with Crippen LogP contribution in [0, 0.1) is 0 Å². The number of carbonyl (C=O) groups is 1. The maximum absolute atomic E-state index is 12.7. The van der Waals surface area contributed by atoms with Gasteiger partial charge in [-0.15, -0.1) is 0 Å². The fraction of sp³-hybridized carbons (Fsp3) is 0.364. The summed E-state index contributed by atoms with van der Waals surface area (Å²) in [6, 6.07) is 16.2. The van der Waals surface area contributed by atoms with Gasteiger partial charge in [0, 0.05) is 25.2 Å². The van der Waals surface area contributed by atoms with E-state index in [2.05, 4.69) is 27.8 Å². The van der Waals surface area contributed by atoms with E-state index in [0.717, 1.165) is 37.4 Å². The average Bonchev–Trinajstić information content (AvgIpc) is 3.33. The Kier molecular flexibility index (Phi) is 5.46. The molecule has 146 valence electrons. The van der Waals surface area contributed by atoms with E-state index in [-0.39, 0.29) is 18.6 Å². The Morgan fingerprint density at radius 1 is 1.14 bits per heavy atom. The Labute approximate surface area is 165 Å². The van der Waals surface area contributed by atoms with Crippen molar-refractivity contribution in [2.45, 2.75) is 25.9 Å². The summed E-state index contributed by atoms with van der Waals surface area (Å²) in [7, 11) is 0. The number of nitrogens with one attached hydrogen (secondary N) is 2. The smallest absolute Gasteiger partial charge is 0.248 e. The Morgan fingerprint density at radius 3 is 2.75 bits per heavy atom. The molecule has 0 spiro atoms. The van der Waals surface area contributed by atoms with Gasteiger partial charge in [0.25, 0.3) is 0 Å². The molecule has 0 radical (unpaired) electrons. The van der Waals surface area contributed by atoms with E-state index in [1.165, 1.54) is 11.1 Å². The van der Waals surface area contributed by atoms with Gasteiger partial charge in [-0.25, -0.2) is 4.99 Å². The standard InChI is InChI=1S/C22H26N4O2/c1-2-23-22(24-14-18-13-17-8-4-6-10-20(17)28-18)25-15-21(27)26-12-11-16-7-3-5-9-19(16)26/h3-10,18H,2,11-15H2,1H3,(H2,23,24,25). The van der Waals surface area contributed by atoms with Crippen molar-refractivity contribution in [3.63, 3.8) is 0 Å². The molecule has 0 fully saturated rings. The molecule has 4 rings (SSSR count). The van der Waals surface area contributed by atoms with Crippen LogP contribution in [0.2, 0.25) is 0 Å². The van der Waals surface area contributed by atoms with Crippen molar-refractivity contribution < 1.29 is 9.53 Å². The van der Waals surface area contributed by atoms with Crippen molar-refractivity contribution in [1.29, 1.82) is 0 Å². The second-order valence-corrected chi connectivity index (χ2v) is 7.05. The molecule has 1 unspecified atom stereocenters. The summed E-state index contributed by atoms with van der Waals surface area (Å²) < 4.78 is 5.96. The second-order valence-electron chi connectivity index (χ2n) is 7.05. The maximum Gasteiger partial charge on any atom is 0.248 e. The third-order valence-electron chi connectivity index (χ3n) is 5.12. The Balaban J connectivity index is 1.33. The van der Waals surface area contributed by atoms with Crippen molar-refractivity contribution >= 4 is 17.6 Å². The van der Waals surface area contributed by atoms with Crippen LogP contribution < -0.4 is 20.3 Å². The number of rotatable bonds is 5. The molecular weight excluding hydrogens is 352 g/mol. The molecule has 1 amide bonds. The predicted molar refractivity (Wildman–Crippen MR) is 111 cm³/mol. The number of benzene rings is 2. The molecular formula is C22H26N4O2. The summed E-state index contributed by atoms with van der Waals surface area (Å²) in [5, 5.41) is 6.51. The molecule has 1 atom stereocenters. The molecule has 2 aliphatic rings. The Bertz CT molecular complexity index is 855. The highest BCUT2D eigenvalue weighted by atomic mass is 16.5. The SMILES string of the molecule is CCNC(=NCC(=O)N1CCc2ccccc21)NCC1Cc2ccccc2O1. The Morgan fingerprint density at radius 2 is 1.93 bits per heavy atom. The number of hydrogen-bond donors (Lipinski definition) is 2. The summed E-state index contributed by atoms with van der Waals surface area (Å²) in [6.07, 6.45) is 1.86. The van der Waals surface area contributed by atoms with E-state index in [1.54, 1.807) is 0 Å². The highest BCUT2D eigenvalue weighted by Gasteiger charge is 2.24. The number of para-hydroxylation sites is 2. The summed E-state index contributed by atoms with van der Waals surface area (Å²) in [5.74, 6) is 1.62. The van der Waals surface area contributed by atoms with Crippen LogP contribution in [0.3, 0.4) is 0 Å². The van der Waals surface area contributed by atoms with Crippen molar-refractivity contribution in [2.75, 3.05) is 31.1 Å². The van der Waals surface area contributed by atoms with Gasteiger partial charge in [0.15, 0.2) is 5.96 Å². The Hall–Kier alpha value is -3.02. The molecule has 2 N–H and O–H groups in total. The quantitative estimate of drug-likeness (QED) is 0.618. The lowest BCUT2D eigenvalue weighted by Gasteiger charge is -2.18. The monoisotopic (exact) mass is 378 g/mol. The largest absolute Gasteiger partial charge is 0.488 e.